The lowest BCUT2D eigenvalue weighted by atomic mass is 9.84. The van der Waals surface area contributed by atoms with Gasteiger partial charge in [0.25, 0.3) is 0 Å². The third kappa shape index (κ3) is 4.64. The molecule has 8 nitrogen and oxygen atoms in total. The number of carbonyl (C=O) groups is 1. The molecule has 0 saturated heterocycles. The Kier molecular flexibility index (Phi) is 6.50. The van der Waals surface area contributed by atoms with Gasteiger partial charge in [-0.25, -0.2) is 14.6 Å². The number of ether oxygens (including phenoxy) is 1. The largest absolute Gasteiger partial charge is 0.377 e. The van der Waals surface area contributed by atoms with E-state index in [0.29, 0.717) is 18.5 Å². The van der Waals surface area contributed by atoms with Gasteiger partial charge in [0.2, 0.25) is 5.91 Å². The van der Waals surface area contributed by atoms with Crippen LogP contribution in [0.1, 0.15) is 62.0 Å². The molecule has 2 fully saturated rings. The summed E-state index contributed by atoms with van der Waals surface area (Å²) in [6, 6.07) is 8.87. The maximum absolute atomic E-state index is 12.3. The standard InChI is InChI=1S/C26H34N6O2/c1-16-7-13-21(14-8-16)32-25-23(17(2)31-32)24(29-22(30-25)15-34-3)27-19-9-11-20(12-10-19)28-26(33)18-5-4-6-18/h7-8,13-14,18-20H,4-6,9-12,15H2,1-3H3,(H,28,33)(H,27,29,30). The predicted molar refractivity (Wildman–Crippen MR) is 132 cm³/mol. The van der Waals surface area contributed by atoms with E-state index in [1.807, 2.05) is 11.6 Å². The highest BCUT2D eigenvalue weighted by atomic mass is 16.5. The molecule has 0 atom stereocenters. The molecular weight excluding hydrogens is 428 g/mol. The van der Waals surface area contributed by atoms with Gasteiger partial charge in [-0.15, -0.1) is 0 Å². The van der Waals surface area contributed by atoms with Crippen molar-refractivity contribution >= 4 is 22.8 Å². The number of aromatic nitrogens is 4. The molecule has 5 rings (SSSR count). The molecule has 2 aliphatic rings. The third-order valence-electron chi connectivity index (χ3n) is 7.19. The lowest BCUT2D eigenvalue weighted by Gasteiger charge is -2.32. The minimum atomic E-state index is 0.248. The normalized spacial score (nSPS) is 20.8. The molecule has 2 N–H and O–H groups in total. The molecule has 1 amide bonds. The Bertz CT molecular complexity index is 1160. The number of nitrogens with one attached hydrogen (secondary N) is 2. The van der Waals surface area contributed by atoms with Crippen molar-refractivity contribution in [2.24, 2.45) is 5.92 Å². The van der Waals surface area contributed by atoms with Gasteiger partial charge in [0, 0.05) is 25.1 Å². The molecule has 2 aromatic heterocycles. The molecule has 3 aromatic rings. The summed E-state index contributed by atoms with van der Waals surface area (Å²) in [5, 5.41) is 12.7. The average molecular weight is 463 g/mol. The van der Waals surface area contributed by atoms with Gasteiger partial charge in [0.1, 0.15) is 12.4 Å². The second kappa shape index (κ2) is 9.70. The summed E-state index contributed by atoms with van der Waals surface area (Å²) in [4.78, 5) is 21.9. The number of fused-ring (bicyclic) bond motifs is 1. The van der Waals surface area contributed by atoms with Gasteiger partial charge in [0.15, 0.2) is 11.5 Å². The Hall–Kier alpha value is -3.00. The molecule has 1 aromatic carbocycles. The zero-order valence-corrected chi connectivity index (χ0v) is 20.3. The van der Waals surface area contributed by atoms with E-state index in [0.717, 1.165) is 66.8 Å². The molecule has 8 heteroatoms. The Morgan fingerprint density at radius 3 is 2.38 bits per heavy atom. The van der Waals surface area contributed by atoms with Crippen LogP contribution in [0.2, 0.25) is 0 Å². The van der Waals surface area contributed by atoms with Crippen molar-refractivity contribution in [3.05, 3.63) is 41.3 Å². The second-order valence-electron chi connectivity index (χ2n) is 9.78. The molecule has 0 bridgehead atoms. The lowest BCUT2D eigenvalue weighted by molar-refractivity contribution is -0.128. The smallest absolute Gasteiger partial charge is 0.223 e. The monoisotopic (exact) mass is 462 g/mol. The summed E-state index contributed by atoms with van der Waals surface area (Å²) in [5.74, 6) is 1.95. The number of methoxy groups -OCH3 is 1. The van der Waals surface area contributed by atoms with E-state index in [-0.39, 0.29) is 17.9 Å². The van der Waals surface area contributed by atoms with Crippen molar-refractivity contribution in [2.45, 2.75) is 77.5 Å². The quantitative estimate of drug-likeness (QED) is 0.546. The van der Waals surface area contributed by atoms with Crippen LogP contribution in [0.4, 0.5) is 5.82 Å². The van der Waals surface area contributed by atoms with Gasteiger partial charge < -0.3 is 15.4 Å². The van der Waals surface area contributed by atoms with Gasteiger partial charge in [-0.3, -0.25) is 4.79 Å². The van der Waals surface area contributed by atoms with Crippen LogP contribution in [-0.2, 0) is 16.1 Å². The van der Waals surface area contributed by atoms with Gasteiger partial charge in [0.05, 0.1) is 16.8 Å². The van der Waals surface area contributed by atoms with E-state index >= 15 is 0 Å². The zero-order chi connectivity index (χ0) is 23.7. The molecule has 2 aliphatic carbocycles. The molecule has 0 radical (unpaired) electrons. The SMILES string of the molecule is COCc1nc(NC2CCC(NC(=O)C3CCC3)CC2)c2c(C)nn(-c3ccc(C)cc3)c2n1. The molecule has 34 heavy (non-hydrogen) atoms. The number of benzene rings is 1. The van der Waals surface area contributed by atoms with Crippen LogP contribution in [0, 0.1) is 19.8 Å². The van der Waals surface area contributed by atoms with E-state index in [9.17, 15) is 4.79 Å². The summed E-state index contributed by atoms with van der Waals surface area (Å²) < 4.78 is 7.24. The Balaban J connectivity index is 1.36. The third-order valence-corrected chi connectivity index (χ3v) is 7.19. The van der Waals surface area contributed by atoms with Crippen LogP contribution in [-0.4, -0.2) is 44.8 Å². The van der Waals surface area contributed by atoms with Gasteiger partial charge in [-0.1, -0.05) is 24.1 Å². The van der Waals surface area contributed by atoms with E-state index in [1.54, 1.807) is 7.11 Å². The number of aryl methyl sites for hydroxylation is 2. The first-order chi connectivity index (χ1) is 16.5. The molecule has 2 saturated carbocycles. The van der Waals surface area contributed by atoms with Crippen molar-refractivity contribution in [3.63, 3.8) is 0 Å². The molecule has 2 heterocycles. The predicted octanol–water partition coefficient (Wildman–Crippen LogP) is 4.22. The zero-order valence-electron chi connectivity index (χ0n) is 20.3. The van der Waals surface area contributed by atoms with Crippen LogP contribution in [0.15, 0.2) is 24.3 Å². The molecule has 0 aliphatic heterocycles. The van der Waals surface area contributed by atoms with E-state index in [2.05, 4.69) is 41.8 Å². The number of amides is 1. The van der Waals surface area contributed by atoms with Crippen LogP contribution in [0.25, 0.3) is 16.7 Å². The second-order valence-corrected chi connectivity index (χ2v) is 9.78. The highest BCUT2D eigenvalue weighted by molar-refractivity contribution is 5.90. The number of hydrogen-bond acceptors (Lipinski definition) is 6. The van der Waals surface area contributed by atoms with E-state index in [4.69, 9.17) is 19.8 Å². The van der Waals surface area contributed by atoms with Crippen molar-refractivity contribution in [1.29, 1.82) is 0 Å². The first kappa shape index (κ1) is 22.8. The van der Waals surface area contributed by atoms with Crippen molar-refractivity contribution in [3.8, 4) is 5.69 Å². The summed E-state index contributed by atoms with van der Waals surface area (Å²) in [5.41, 5.74) is 3.85. The molecule has 0 unspecified atom stereocenters. The number of rotatable bonds is 7. The first-order valence-electron chi connectivity index (χ1n) is 12.4. The molecule has 0 spiro atoms. The summed E-state index contributed by atoms with van der Waals surface area (Å²) in [6.45, 7) is 4.41. The fourth-order valence-corrected chi connectivity index (χ4v) is 4.96. The summed E-state index contributed by atoms with van der Waals surface area (Å²) in [6.07, 6.45) is 7.23. The fourth-order valence-electron chi connectivity index (χ4n) is 4.96. The lowest BCUT2D eigenvalue weighted by Crippen LogP contribution is -2.44. The number of hydrogen-bond donors (Lipinski definition) is 2. The summed E-state index contributed by atoms with van der Waals surface area (Å²) in [7, 11) is 1.66. The highest BCUT2D eigenvalue weighted by Crippen LogP contribution is 2.31. The van der Waals surface area contributed by atoms with Gasteiger partial charge in [-0.05, 0) is 64.5 Å². The van der Waals surface area contributed by atoms with Crippen LogP contribution in [0.3, 0.4) is 0 Å². The maximum atomic E-state index is 12.3. The van der Waals surface area contributed by atoms with E-state index < -0.39 is 0 Å². The number of carbonyl (C=O) groups excluding carboxylic acids is 1. The molecular formula is C26H34N6O2. The van der Waals surface area contributed by atoms with Crippen LogP contribution < -0.4 is 10.6 Å². The first-order valence-corrected chi connectivity index (χ1v) is 12.4. The van der Waals surface area contributed by atoms with Crippen molar-refractivity contribution in [1.82, 2.24) is 25.1 Å². The van der Waals surface area contributed by atoms with Crippen LogP contribution in [0.5, 0.6) is 0 Å². The van der Waals surface area contributed by atoms with Crippen molar-refractivity contribution < 1.29 is 9.53 Å². The fraction of sp³-hybridized carbons (Fsp3) is 0.538. The molecule has 180 valence electrons. The minimum absolute atomic E-state index is 0.248. The van der Waals surface area contributed by atoms with E-state index in [1.165, 1.54) is 12.0 Å². The Morgan fingerprint density at radius 2 is 1.74 bits per heavy atom. The van der Waals surface area contributed by atoms with Gasteiger partial charge >= 0.3 is 0 Å². The Morgan fingerprint density at radius 1 is 1.03 bits per heavy atom. The minimum Gasteiger partial charge on any atom is -0.377 e. The topological polar surface area (TPSA) is 94.0 Å². The van der Waals surface area contributed by atoms with Gasteiger partial charge in [-0.2, -0.15) is 5.10 Å². The average Bonchev–Trinajstić information content (AvgIpc) is 3.11. The number of anilines is 1. The van der Waals surface area contributed by atoms with Crippen molar-refractivity contribution in [2.75, 3.05) is 12.4 Å². The Labute approximate surface area is 200 Å². The maximum Gasteiger partial charge on any atom is 0.223 e. The summed E-state index contributed by atoms with van der Waals surface area (Å²) >= 11 is 0. The van der Waals surface area contributed by atoms with Crippen LogP contribution >= 0.6 is 0 Å². The highest BCUT2D eigenvalue weighted by Gasteiger charge is 2.29. The number of nitrogens with zero attached hydrogens (tertiary/aromatic N) is 4.